The average Bonchev–Trinajstić information content (AvgIpc) is 3.40. The molecule has 1 aliphatic heterocycles. The number of aromatic nitrogens is 2. The van der Waals surface area contributed by atoms with Crippen LogP contribution in [0.15, 0.2) is 69.6 Å². The summed E-state index contributed by atoms with van der Waals surface area (Å²) in [4.78, 5) is 34.9. The van der Waals surface area contributed by atoms with Crippen molar-refractivity contribution >= 4 is 40.7 Å². The van der Waals surface area contributed by atoms with E-state index >= 15 is 0 Å². The number of hydrogen-bond acceptors (Lipinski definition) is 7. The minimum absolute atomic E-state index is 0.265. The number of anilines is 1. The Morgan fingerprint density at radius 2 is 1.79 bits per heavy atom. The lowest BCUT2D eigenvalue weighted by molar-refractivity contribution is -0.143. The van der Waals surface area contributed by atoms with Gasteiger partial charge in [-0.25, -0.2) is 9.79 Å². The topological polar surface area (TPSA) is 78.1 Å². The van der Waals surface area contributed by atoms with Gasteiger partial charge >= 0.3 is 5.97 Å². The molecule has 0 spiro atoms. The second-order valence-corrected chi connectivity index (χ2v) is 12.4. The third kappa shape index (κ3) is 5.67. The van der Waals surface area contributed by atoms with Crippen LogP contribution in [-0.4, -0.2) is 42.4 Å². The van der Waals surface area contributed by atoms with E-state index in [9.17, 15) is 9.59 Å². The number of fused-ring (bicyclic) bond motifs is 1. The fraction of sp³-hybridized carbons (Fsp3) is 0.303. The molecule has 2 aromatic heterocycles. The first-order valence-corrected chi connectivity index (χ1v) is 15.1. The smallest absolute Gasteiger partial charge is 0.338 e. The number of halogens is 1. The van der Waals surface area contributed by atoms with Crippen LogP contribution in [0.25, 0.3) is 11.8 Å². The minimum Gasteiger partial charge on any atom is -0.496 e. The van der Waals surface area contributed by atoms with Crippen molar-refractivity contribution in [3.05, 3.63) is 107 Å². The third-order valence-electron chi connectivity index (χ3n) is 7.45. The number of ether oxygens (including phenoxy) is 2. The first-order valence-electron chi connectivity index (χ1n) is 13.9. The molecule has 0 saturated heterocycles. The Labute approximate surface area is 259 Å². The van der Waals surface area contributed by atoms with Crippen LogP contribution in [0.4, 0.5) is 5.69 Å². The van der Waals surface area contributed by atoms with Crippen molar-refractivity contribution in [1.82, 2.24) is 9.13 Å². The molecule has 3 heterocycles. The molecule has 10 heteroatoms. The van der Waals surface area contributed by atoms with Crippen LogP contribution < -0.4 is 24.5 Å². The van der Waals surface area contributed by atoms with Gasteiger partial charge in [-0.3, -0.25) is 9.36 Å². The Kier molecular flexibility index (Phi) is 8.40. The summed E-state index contributed by atoms with van der Waals surface area (Å²) in [5, 5.41) is 0.454. The number of methoxy groups -OCH3 is 1. The number of thiazole rings is 1. The summed E-state index contributed by atoms with van der Waals surface area (Å²) in [5.41, 5.74) is 6.19. The van der Waals surface area contributed by atoms with Crippen LogP contribution in [0.2, 0.25) is 5.02 Å². The number of carbonyl (C=O) groups is 1. The zero-order valence-electron chi connectivity index (χ0n) is 25.6. The lowest BCUT2D eigenvalue weighted by atomic mass is 9.95. The van der Waals surface area contributed by atoms with Gasteiger partial charge in [0.15, 0.2) is 4.80 Å². The normalized spacial score (nSPS) is 15.0. The highest BCUT2D eigenvalue weighted by atomic mass is 35.5. The van der Waals surface area contributed by atoms with Crippen molar-refractivity contribution < 1.29 is 14.3 Å². The molecular weight excluding hydrogens is 584 g/mol. The Bertz CT molecular complexity index is 1930. The van der Waals surface area contributed by atoms with E-state index in [0.717, 1.165) is 28.3 Å². The average molecular weight is 619 g/mol. The Hall–Kier alpha value is -4.08. The molecule has 0 saturated carbocycles. The summed E-state index contributed by atoms with van der Waals surface area (Å²) >= 11 is 7.71. The van der Waals surface area contributed by atoms with Crippen LogP contribution in [0.1, 0.15) is 49.3 Å². The van der Waals surface area contributed by atoms with Gasteiger partial charge in [0.1, 0.15) is 11.8 Å². The highest BCUT2D eigenvalue weighted by Gasteiger charge is 2.35. The van der Waals surface area contributed by atoms with Crippen LogP contribution >= 0.6 is 22.9 Å². The van der Waals surface area contributed by atoms with Gasteiger partial charge in [0, 0.05) is 47.4 Å². The fourth-order valence-corrected chi connectivity index (χ4v) is 6.66. The molecule has 0 aliphatic carbocycles. The molecule has 43 heavy (non-hydrogen) atoms. The standard InChI is InChI=1S/C33H35ClN4O4S/c1-18(2)42-32(40)29-20(4)35-33-38(30(29)26-17-23(34)9-14-27(26)41-8)31(39)28(43-33)16-22-15-19(3)37(21(22)5)25-12-10-24(11-13-25)36(6)7/h9-18,30H,1-8H3/b28-16-/t30-/m1/s1. The van der Waals surface area contributed by atoms with E-state index < -0.39 is 12.0 Å². The lowest BCUT2D eigenvalue weighted by Crippen LogP contribution is -2.40. The van der Waals surface area contributed by atoms with Gasteiger partial charge in [0.2, 0.25) is 0 Å². The van der Waals surface area contributed by atoms with Crippen LogP contribution in [0.5, 0.6) is 5.75 Å². The first-order chi connectivity index (χ1) is 20.4. The quantitative estimate of drug-likeness (QED) is 0.262. The molecule has 8 nitrogen and oxygen atoms in total. The molecule has 2 aromatic carbocycles. The molecular formula is C33H35ClN4O4S. The van der Waals surface area contributed by atoms with Crippen LogP contribution in [-0.2, 0) is 9.53 Å². The molecule has 5 rings (SSSR count). The van der Waals surface area contributed by atoms with E-state index in [1.165, 1.54) is 11.3 Å². The summed E-state index contributed by atoms with van der Waals surface area (Å²) in [6.45, 7) is 9.41. The van der Waals surface area contributed by atoms with E-state index in [2.05, 4.69) is 39.8 Å². The third-order valence-corrected chi connectivity index (χ3v) is 8.67. The van der Waals surface area contributed by atoms with Crippen molar-refractivity contribution in [3.63, 3.8) is 0 Å². The van der Waals surface area contributed by atoms with Gasteiger partial charge in [-0.05, 0) is 94.8 Å². The molecule has 0 amide bonds. The summed E-state index contributed by atoms with van der Waals surface area (Å²) in [7, 11) is 5.57. The van der Waals surface area contributed by atoms with Crippen LogP contribution in [0.3, 0.4) is 0 Å². The molecule has 0 unspecified atom stereocenters. The predicted octanol–water partition coefficient (Wildman–Crippen LogP) is 5.32. The molecule has 0 N–H and O–H groups in total. The van der Waals surface area contributed by atoms with Gasteiger partial charge in [-0.2, -0.15) is 0 Å². The van der Waals surface area contributed by atoms with Gasteiger partial charge in [-0.1, -0.05) is 22.9 Å². The van der Waals surface area contributed by atoms with Crippen molar-refractivity contribution in [3.8, 4) is 11.4 Å². The van der Waals surface area contributed by atoms with Crippen molar-refractivity contribution in [1.29, 1.82) is 0 Å². The molecule has 0 bridgehead atoms. The summed E-state index contributed by atoms with van der Waals surface area (Å²) in [5.74, 6) is -0.0428. The largest absolute Gasteiger partial charge is 0.496 e. The van der Waals surface area contributed by atoms with Crippen molar-refractivity contribution in [2.24, 2.45) is 4.99 Å². The molecule has 0 radical (unpaired) electrons. The van der Waals surface area contributed by atoms with E-state index in [4.69, 9.17) is 26.1 Å². The molecule has 224 valence electrons. The number of hydrogen-bond donors (Lipinski definition) is 0. The minimum atomic E-state index is -0.832. The van der Waals surface area contributed by atoms with Gasteiger partial charge in [-0.15, -0.1) is 0 Å². The maximum Gasteiger partial charge on any atom is 0.338 e. The number of allylic oxidation sites excluding steroid dienone is 1. The Balaban J connectivity index is 1.69. The lowest BCUT2D eigenvalue weighted by Gasteiger charge is -2.26. The Morgan fingerprint density at radius 3 is 2.42 bits per heavy atom. The first kappa shape index (κ1) is 30.4. The van der Waals surface area contributed by atoms with Gasteiger partial charge in [0.05, 0.1) is 29.0 Å². The number of carbonyl (C=O) groups excluding carboxylic acids is 1. The van der Waals surface area contributed by atoms with Gasteiger partial charge < -0.3 is 18.9 Å². The van der Waals surface area contributed by atoms with Crippen molar-refractivity contribution in [2.45, 2.75) is 46.8 Å². The maximum absolute atomic E-state index is 14.2. The number of esters is 1. The number of aryl methyl sites for hydroxylation is 1. The van der Waals surface area contributed by atoms with Gasteiger partial charge in [0.25, 0.3) is 5.56 Å². The molecule has 1 aliphatic rings. The number of benzene rings is 2. The van der Waals surface area contributed by atoms with E-state index in [1.807, 2.05) is 34.0 Å². The highest BCUT2D eigenvalue weighted by molar-refractivity contribution is 7.07. The SMILES string of the molecule is COc1ccc(Cl)cc1[C@@H]1C(C(=O)OC(C)C)=C(C)N=c2s/c(=C\c3cc(C)n(-c4ccc(N(C)C)cc4)c3C)c(=O)n21. The van der Waals surface area contributed by atoms with E-state index in [1.54, 1.807) is 50.6 Å². The molecule has 4 aromatic rings. The second kappa shape index (κ2) is 11.9. The predicted molar refractivity (Wildman–Crippen MR) is 173 cm³/mol. The number of rotatable bonds is 7. The molecule has 1 atom stereocenters. The van der Waals surface area contributed by atoms with E-state index in [0.29, 0.717) is 31.4 Å². The zero-order valence-corrected chi connectivity index (χ0v) is 27.1. The highest BCUT2D eigenvalue weighted by Crippen LogP contribution is 2.37. The number of nitrogens with zero attached hydrogens (tertiary/aromatic N) is 4. The summed E-state index contributed by atoms with van der Waals surface area (Å²) in [6.07, 6.45) is 1.54. The Morgan fingerprint density at radius 1 is 1.09 bits per heavy atom. The zero-order chi connectivity index (χ0) is 31.2. The van der Waals surface area contributed by atoms with E-state index in [-0.39, 0.29) is 17.2 Å². The second-order valence-electron chi connectivity index (χ2n) is 11.0. The monoisotopic (exact) mass is 618 g/mol. The summed E-state index contributed by atoms with van der Waals surface area (Å²) in [6, 6.07) is 14.7. The molecule has 0 fully saturated rings. The fourth-order valence-electron chi connectivity index (χ4n) is 5.45. The summed E-state index contributed by atoms with van der Waals surface area (Å²) < 4.78 is 15.5. The van der Waals surface area contributed by atoms with Crippen LogP contribution in [0, 0.1) is 13.8 Å². The maximum atomic E-state index is 14.2. The van der Waals surface area contributed by atoms with Crippen molar-refractivity contribution in [2.75, 3.05) is 26.1 Å².